The van der Waals surface area contributed by atoms with Crippen molar-refractivity contribution in [2.45, 2.75) is 50.7 Å². The second-order valence-electron chi connectivity index (χ2n) is 10.9. The molecule has 2 aliphatic rings. The number of nitrogen functional groups attached to an aromatic ring is 1. The molecule has 13 heteroatoms. The Morgan fingerprint density at radius 2 is 2.05 bits per heavy atom. The van der Waals surface area contributed by atoms with Gasteiger partial charge in [0, 0.05) is 23.7 Å². The molecule has 44 heavy (non-hydrogen) atoms. The SMILES string of the molecule is CCNC1(C=C(C#N)C(=O)N2CCC[C@@H]2Cn2nc(-c3ccc(Oc4cccc(F)c4F)cc3F)c3c(N)ncnc32)CC1. The average molecular weight is 603 g/mol. The van der Waals surface area contributed by atoms with Crippen molar-refractivity contribution in [1.29, 1.82) is 5.26 Å². The van der Waals surface area contributed by atoms with Crippen LogP contribution in [0.3, 0.4) is 0 Å². The predicted octanol–water partition coefficient (Wildman–Crippen LogP) is 4.87. The van der Waals surface area contributed by atoms with Crippen LogP contribution in [0.25, 0.3) is 22.3 Å². The molecule has 2 fully saturated rings. The van der Waals surface area contributed by atoms with Crippen molar-refractivity contribution < 1.29 is 22.7 Å². The maximum Gasteiger partial charge on any atom is 0.264 e. The Labute approximate surface area is 250 Å². The van der Waals surface area contributed by atoms with Gasteiger partial charge in [-0.2, -0.15) is 14.8 Å². The molecule has 1 atom stereocenters. The molecule has 0 bridgehead atoms. The maximum absolute atomic E-state index is 15.5. The van der Waals surface area contributed by atoms with Gasteiger partial charge in [-0.1, -0.05) is 13.0 Å². The minimum absolute atomic E-state index is 0.0488. The first-order chi connectivity index (χ1) is 21.2. The molecule has 0 radical (unpaired) electrons. The molecule has 0 spiro atoms. The number of nitrogens with one attached hydrogen (secondary N) is 1. The fourth-order valence-corrected chi connectivity index (χ4v) is 5.71. The monoisotopic (exact) mass is 602 g/mol. The van der Waals surface area contributed by atoms with Gasteiger partial charge in [0.2, 0.25) is 5.82 Å². The summed E-state index contributed by atoms with van der Waals surface area (Å²) >= 11 is 0. The summed E-state index contributed by atoms with van der Waals surface area (Å²) in [6.45, 7) is 3.44. The molecular weight excluding hydrogens is 573 g/mol. The van der Waals surface area contributed by atoms with E-state index in [1.165, 1.54) is 30.6 Å². The van der Waals surface area contributed by atoms with Crippen molar-refractivity contribution in [3.05, 3.63) is 71.8 Å². The molecule has 1 amide bonds. The molecule has 1 aliphatic heterocycles. The number of nitrogens with two attached hydrogens (primary N) is 1. The summed E-state index contributed by atoms with van der Waals surface area (Å²) in [6.07, 6.45) is 6.21. The van der Waals surface area contributed by atoms with Crippen molar-refractivity contribution in [3.63, 3.8) is 0 Å². The standard InChI is InChI=1S/C31H29F3N8O2/c1-2-39-31(10-11-31)14-18(15-35)30(43)41-12-4-5-19(41)16-42-29-25(28(36)37-17-38-29)27(40-42)21-9-8-20(13-23(21)33)44-24-7-3-6-22(32)26(24)34/h3,6-9,13-14,17,19,39H,2,4-5,10-12,16H2,1H3,(H2,36,37,38)/t19-/m1/s1. The molecule has 6 rings (SSSR count). The van der Waals surface area contributed by atoms with Crippen molar-refractivity contribution in [2.75, 3.05) is 18.8 Å². The van der Waals surface area contributed by atoms with Gasteiger partial charge in [0.25, 0.3) is 5.91 Å². The molecule has 2 aromatic carbocycles. The summed E-state index contributed by atoms with van der Waals surface area (Å²) in [4.78, 5) is 23.6. The minimum atomic E-state index is -1.19. The molecule has 226 valence electrons. The molecule has 3 heterocycles. The molecule has 1 saturated carbocycles. The number of likely N-dealkylation sites (tertiary alicyclic amines) is 1. The Morgan fingerprint density at radius 1 is 1.23 bits per heavy atom. The van der Waals surface area contributed by atoms with Crippen molar-refractivity contribution in [3.8, 4) is 28.8 Å². The highest BCUT2D eigenvalue weighted by molar-refractivity contribution is 5.99. The van der Waals surface area contributed by atoms with Gasteiger partial charge in [-0.05, 0) is 62.6 Å². The number of amides is 1. The Morgan fingerprint density at radius 3 is 2.77 bits per heavy atom. The molecule has 4 aromatic rings. The van der Waals surface area contributed by atoms with Crippen LogP contribution in [0, 0.1) is 28.8 Å². The highest BCUT2D eigenvalue weighted by Crippen LogP contribution is 2.38. The summed E-state index contributed by atoms with van der Waals surface area (Å²) in [7, 11) is 0. The number of benzene rings is 2. The van der Waals surface area contributed by atoms with E-state index in [4.69, 9.17) is 10.5 Å². The second-order valence-corrected chi connectivity index (χ2v) is 10.9. The van der Waals surface area contributed by atoms with Crippen molar-refractivity contribution in [2.24, 2.45) is 0 Å². The molecular formula is C31H29F3N8O2. The third-order valence-corrected chi connectivity index (χ3v) is 8.01. The van der Waals surface area contributed by atoms with Gasteiger partial charge in [-0.25, -0.2) is 23.4 Å². The summed E-state index contributed by atoms with van der Waals surface area (Å²) in [5.41, 5.74) is 6.61. The first kappa shape index (κ1) is 29.1. The van der Waals surface area contributed by atoms with E-state index in [2.05, 4.69) is 26.5 Å². The zero-order valence-corrected chi connectivity index (χ0v) is 23.9. The van der Waals surface area contributed by atoms with E-state index in [9.17, 15) is 18.8 Å². The van der Waals surface area contributed by atoms with E-state index >= 15 is 4.39 Å². The summed E-state index contributed by atoms with van der Waals surface area (Å²) in [5, 5.41) is 18.2. The first-order valence-corrected chi connectivity index (χ1v) is 14.3. The van der Waals surface area contributed by atoms with Crippen LogP contribution in [0.2, 0.25) is 0 Å². The number of fused-ring (bicyclic) bond motifs is 1. The number of hydrogen-bond donors (Lipinski definition) is 2. The van der Waals surface area contributed by atoms with Gasteiger partial charge in [-0.3, -0.25) is 4.79 Å². The van der Waals surface area contributed by atoms with E-state index in [0.29, 0.717) is 24.0 Å². The number of rotatable bonds is 9. The fraction of sp³-hybridized carbons (Fsp3) is 0.323. The van der Waals surface area contributed by atoms with Gasteiger partial charge in [-0.15, -0.1) is 0 Å². The second kappa shape index (κ2) is 11.6. The van der Waals surface area contributed by atoms with Gasteiger partial charge in [0.15, 0.2) is 17.2 Å². The number of nitrogens with zero attached hydrogens (tertiary/aromatic N) is 6. The molecule has 10 nitrogen and oxygen atoms in total. The van der Waals surface area contributed by atoms with Crippen LogP contribution >= 0.6 is 0 Å². The van der Waals surface area contributed by atoms with E-state index in [1.54, 1.807) is 15.7 Å². The van der Waals surface area contributed by atoms with E-state index in [-0.39, 0.29) is 58.2 Å². The largest absolute Gasteiger partial charge is 0.454 e. The average Bonchev–Trinajstić information content (AvgIpc) is 3.43. The Hall–Kier alpha value is -4.96. The lowest BCUT2D eigenvalue weighted by molar-refractivity contribution is -0.127. The lowest BCUT2D eigenvalue weighted by atomic mass is 10.1. The fourth-order valence-electron chi connectivity index (χ4n) is 5.71. The zero-order chi connectivity index (χ0) is 31.0. The number of carbonyl (C=O) groups is 1. The number of aromatic nitrogens is 4. The predicted molar refractivity (Wildman–Crippen MR) is 156 cm³/mol. The minimum Gasteiger partial charge on any atom is -0.454 e. The number of likely N-dealkylation sites (N-methyl/N-ethyl adjacent to an activating group) is 1. The number of hydrogen-bond acceptors (Lipinski definition) is 8. The van der Waals surface area contributed by atoms with Crippen molar-refractivity contribution in [1.82, 2.24) is 30.0 Å². The zero-order valence-electron chi connectivity index (χ0n) is 23.9. The lowest BCUT2D eigenvalue weighted by Crippen LogP contribution is -2.40. The Balaban J connectivity index is 1.30. The molecule has 3 N–H and O–H groups in total. The van der Waals surface area contributed by atoms with Crippen LogP contribution in [0.5, 0.6) is 11.5 Å². The van der Waals surface area contributed by atoms with Crippen molar-refractivity contribution >= 4 is 22.8 Å². The number of halogens is 3. The van der Waals surface area contributed by atoms with Crippen LogP contribution in [0.4, 0.5) is 19.0 Å². The normalized spacial score (nSPS) is 17.6. The van der Waals surface area contributed by atoms with E-state index in [0.717, 1.165) is 37.9 Å². The maximum atomic E-state index is 15.5. The first-order valence-electron chi connectivity index (χ1n) is 14.3. The van der Waals surface area contributed by atoms with E-state index in [1.807, 2.05) is 6.92 Å². The van der Waals surface area contributed by atoms with Gasteiger partial charge in [0.1, 0.15) is 41.0 Å². The van der Waals surface area contributed by atoms with Gasteiger partial charge >= 0.3 is 0 Å². The topological polar surface area (TPSA) is 135 Å². The summed E-state index contributed by atoms with van der Waals surface area (Å²) in [6, 6.07) is 9.11. The third-order valence-electron chi connectivity index (χ3n) is 8.01. The van der Waals surface area contributed by atoms with E-state index < -0.39 is 17.5 Å². The van der Waals surface area contributed by atoms with Crippen LogP contribution < -0.4 is 15.8 Å². The number of nitriles is 1. The summed E-state index contributed by atoms with van der Waals surface area (Å²) < 4.78 is 50.1. The molecule has 1 saturated heterocycles. The van der Waals surface area contributed by atoms with Gasteiger partial charge in [0.05, 0.1) is 18.0 Å². The number of carbonyl (C=O) groups excluding carboxylic acids is 1. The quantitative estimate of drug-likeness (QED) is 0.205. The molecule has 1 aliphatic carbocycles. The lowest BCUT2D eigenvalue weighted by Gasteiger charge is -2.25. The number of ether oxygens (including phenoxy) is 1. The highest BCUT2D eigenvalue weighted by Gasteiger charge is 2.42. The van der Waals surface area contributed by atoms with Crippen LogP contribution in [-0.2, 0) is 11.3 Å². The van der Waals surface area contributed by atoms with Crippen LogP contribution in [0.1, 0.15) is 32.6 Å². The van der Waals surface area contributed by atoms with Gasteiger partial charge < -0.3 is 20.7 Å². The molecule has 2 aromatic heterocycles. The van der Waals surface area contributed by atoms with Crippen LogP contribution in [0.15, 0.2) is 54.4 Å². The number of anilines is 1. The summed E-state index contributed by atoms with van der Waals surface area (Å²) in [5.74, 6) is -3.70. The highest BCUT2D eigenvalue weighted by atomic mass is 19.2. The molecule has 0 unspecified atom stereocenters. The Bertz CT molecular complexity index is 1830. The Kier molecular flexibility index (Phi) is 7.69. The van der Waals surface area contributed by atoms with Crippen LogP contribution in [-0.4, -0.2) is 55.2 Å². The third kappa shape index (κ3) is 5.44. The smallest absolute Gasteiger partial charge is 0.264 e.